The number of carbonyl (C=O) groups is 2. The van der Waals surface area contributed by atoms with E-state index in [0.717, 1.165) is 22.0 Å². The number of ether oxygens (including phenoxy) is 1. The van der Waals surface area contributed by atoms with Crippen LogP contribution in [0.25, 0.3) is 11.3 Å². The maximum Gasteiger partial charge on any atom is 0.315 e. The van der Waals surface area contributed by atoms with Crippen molar-refractivity contribution in [3.63, 3.8) is 0 Å². The highest BCUT2D eigenvalue weighted by atomic mass is 31.0. The van der Waals surface area contributed by atoms with Crippen molar-refractivity contribution in [2.75, 3.05) is 18.6 Å². The van der Waals surface area contributed by atoms with Crippen LogP contribution in [-0.4, -0.2) is 46.1 Å². The highest BCUT2D eigenvalue weighted by Crippen LogP contribution is 2.27. The van der Waals surface area contributed by atoms with Gasteiger partial charge in [-0.05, 0) is 36.8 Å². The molecule has 0 aliphatic carbocycles. The second-order valence-corrected chi connectivity index (χ2v) is 7.78. The summed E-state index contributed by atoms with van der Waals surface area (Å²) in [6, 6.07) is 9.36. The lowest BCUT2D eigenvalue weighted by atomic mass is 10.1. The summed E-state index contributed by atoms with van der Waals surface area (Å²) in [6.07, 6.45) is 3.14. The lowest BCUT2D eigenvalue weighted by Gasteiger charge is -2.14. The molecule has 1 unspecified atom stereocenters. The molecule has 0 saturated heterocycles. The van der Waals surface area contributed by atoms with E-state index in [1.807, 2.05) is 32.0 Å². The zero-order chi connectivity index (χ0) is 22.1. The van der Waals surface area contributed by atoms with Crippen molar-refractivity contribution in [3.8, 4) is 17.0 Å². The summed E-state index contributed by atoms with van der Waals surface area (Å²) in [7, 11) is 4.24. The maximum atomic E-state index is 12.8. The van der Waals surface area contributed by atoms with Gasteiger partial charge in [0.2, 0.25) is 5.82 Å². The topological polar surface area (TPSA) is 97.6 Å². The van der Waals surface area contributed by atoms with Crippen LogP contribution in [0.2, 0.25) is 0 Å². The zero-order valence-electron chi connectivity index (χ0n) is 17.3. The largest absolute Gasteiger partial charge is 0.483 e. The SMILES string of the molecule is Cc1ccc(-c2nc(C(=O)N=C3COc4cccnc4N(C)C3=O)ncc2C)c(P)c1. The predicted molar refractivity (Wildman–Crippen MR) is 121 cm³/mol. The van der Waals surface area contributed by atoms with E-state index in [-0.39, 0.29) is 18.1 Å². The summed E-state index contributed by atoms with van der Waals surface area (Å²) in [5.41, 5.74) is 3.42. The lowest BCUT2D eigenvalue weighted by Crippen LogP contribution is -2.35. The number of aromatic nitrogens is 3. The first-order valence-corrected chi connectivity index (χ1v) is 10.1. The molecule has 1 aromatic carbocycles. The number of aliphatic imine (C=N–C) groups is 1. The number of fused-ring (bicyclic) bond motifs is 1. The van der Waals surface area contributed by atoms with Crippen LogP contribution in [0.15, 0.2) is 47.7 Å². The number of nitrogens with zero attached hydrogens (tertiary/aromatic N) is 5. The molecule has 3 aromatic rings. The average Bonchev–Trinajstić information content (AvgIpc) is 2.87. The minimum atomic E-state index is -0.710. The van der Waals surface area contributed by atoms with Gasteiger partial charge in [0.15, 0.2) is 11.6 Å². The molecule has 2 amide bonds. The highest BCUT2D eigenvalue weighted by molar-refractivity contribution is 7.28. The van der Waals surface area contributed by atoms with E-state index in [2.05, 4.69) is 29.2 Å². The molecule has 0 N–H and O–H groups in total. The molecule has 0 bridgehead atoms. The number of anilines is 1. The molecule has 1 aliphatic rings. The molecule has 8 nitrogen and oxygen atoms in total. The molecule has 156 valence electrons. The lowest BCUT2D eigenvalue weighted by molar-refractivity contribution is -0.112. The number of pyridine rings is 1. The van der Waals surface area contributed by atoms with Gasteiger partial charge in [-0.1, -0.05) is 23.8 Å². The van der Waals surface area contributed by atoms with E-state index >= 15 is 0 Å². The zero-order valence-corrected chi connectivity index (χ0v) is 18.4. The van der Waals surface area contributed by atoms with Crippen LogP contribution in [0.4, 0.5) is 5.82 Å². The van der Waals surface area contributed by atoms with Crippen LogP contribution in [0, 0.1) is 13.8 Å². The standard InChI is InChI=1S/C22H20N5O3P/c1-12-6-7-14(17(31)9-12)18-13(2)10-24-19(26-18)21(28)25-15-11-30-16-5-4-8-23-20(16)27(3)22(15)29/h4-10H,11,31H2,1-3H3. The third kappa shape index (κ3) is 4.07. The third-order valence-corrected chi connectivity index (χ3v) is 5.32. The summed E-state index contributed by atoms with van der Waals surface area (Å²) >= 11 is 0. The van der Waals surface area contributed by atoms with Crippen LogP contribution in [0.3, 0.4) is 0 Å². The summed E-state index contributed by atoms with van der Waals surface area (Å²) in [6.45, 7) is 3.73. The van der Waals surface area contributed by atoms with Crippen molar-refractivity contribution in [2.45, 2.75) is 13.8 Å². The second kappa shape index (κ2) is 8.32. The Kier molecular flexibility index (Phi) is 5.57. The first-order valence-electron chi connectivity index (χ1n) is 9.53. The quantitative estimate of drug-likeness (QED) is 0.576. The Morgan fingerprint density at radius 3 is 2.81 bits per heavy atom. The summed E-state index contributed by atoms with van der Waals surface area (Å²) in [5.74, 6) is -0.459. The smallest absolute Gasteiger partial charge is 0.315 e. The summed E-state index contributed by atoms with van der Waals surface area (Å²) in [4.78, 5) is 43.6. The molecule has 31 heavy (non-hydrogen) atoms. The molecule has 1 atom stereocenters. The van der Waals surface area contributed by atoms with E-state index in [4.69, 9.17) is 4.74 Å². The van der Waals surface area contributed by atoms with Crippen molar-refractivity contribution in [1.82, 2.24) is 15.0 Å². The van der Waals surface area contributed by atoms with Crippen LogP contribution in [-0.2, 0) is 4.79 Å². The van der Waals surface area contributed by atoms with Crippen LogP contribution < -0.4 is 14.9 Å². The molecule has 2 aromatic heterocycles. The molecule has 0 spiro atoms. The molecule has 1 aliphatic heterocycles. The Morgan fingerprint density at radius 2 is 2.03 bits per heavy atom. The molecule has 0 radical (unpaired) electrons. The Morgan fingerprint density at radius 1 is 1.23 bits per heavy atom. The first-order chi connectivity index (χ1) is 14.8. The number of amides is 2. The molecule has 0 fully saturated rings. The highest BCUT2D eigenvalue weighted by Gasteiger charge is 2.28. The minimum Gasteiger partial charge on any atom is -0.483 e. The third-order valence-electron chi connectivity index (χ3n) is 4.85. The Bertz CT molecular complexity index is 1240. The fourth-order valence-electron chi connectivity index (χ4n) is 3.21. The van der Waals surface area contributed by atoms with Gasteiger partial charge >= 0.3 is 5.91 Å². The number of carbonyl (C=O) groups excluding carboxylic acids is 2. The summed E-state index contributed by atoms with van der Waals surface area (Å²) in [5, 5.41) is 0.964. The van der Waals surface area contributed by atoms with Crippen molar-refractivity contribution in [2.24, 2.45) is 4.99 Å². The second-order valence-electron chi connectivity index (χ2n) is 7.16. The van der Waals surface area contributed by atoms with Gasteiger partial charge in [0, 0.05) is 25.0 Å². The monoisotopic (exact) mass is 433 g/mol. The van der Waals surface area contributed by atoms with E-state index in [9.17, 15) is 9.59 Å². The Labute approximate surface area is 181 Å². The van der Waals surface area contributed by atoms with Crippen molar-refractivity contribution >= 4 is 37.9 Å². The van der Waals surface area contributed by atoms with E-state index in [1.165, 1.54) is 4.90 Å². The van der Waals surface area contributed by atoms with Crippen molar-refractivity contribution in [1.29, 1.82) is 0 Å². The molecule has 0 saturated carbocycles. The minimum absolute atomic E-state index is 0.0432. The van der Waals surface area contributed by atoms with Crippen LogP contribution in [0.1, 0.15) is 21.7 Å². The molecular formula is C22H20N5O3P. The molecular weight excluding hydrogens is 413 g/mol. The van der Waals surface area contributed by atoms with Gasteiger partial charge in [0.25, 0.3) is 5.91 Å². The summed E-state index contributed by atoms with van der Waals surface area (Å²) < 4.78 is 5.63. The first kappa shape index (κ1) is 20.8. The number of hydrogen-bond donors (Lipinski definition) is 0. The van der Waals surface area contributed by atoms with E-state index in [1.54, 1.807) is 31.6 Å². The van der Waals surface area contributed by atoms with Gasteiger partial charge in [-0.25, -0.2) is 19.9 Å². The van der Waals surface area contributed by atoms with Crippen molar-refractivity contribution < 1.29 is 14.3 Å². The molecule has 9 heteroatoms. The van der Waals surface area contributed by atoms with Gasteiger partial charge in [-0.3, -0.25) is 14.5 Å². The van der Waals surface area contributed by atoms with Gasteiger partial charge in [0.1, 0.15) is 12.3 Å². The Balaban J connectivity index is 1.67. The number of benzene rings is 1. The van der Waals surface area contributed by atoms with Gasteiger partial charge in [-0.15, -0.1) is 9.24 Å². The van der Waals surface area contributed by atoms with Crippen LogP contribution in [0.5, 0.6) is 5.75 Å². The predicted octanol–water partition coefficient (Wildman–Crippen LogP) is 2.29. The number of rotatable bonds is 2. The molecule has 4 rings (SSSR count). The van der Waals surface area contributed by atoms with Crippen molar-refractivity contribution in [3.05, 3.63) is 59.7 Å². The van der Waals surface area contributed by atoms with Gasteiger partial charge in [-0.2, -0.15) is 0 Å². The normalized spacial score (nSPS) is 14.8. The van der Waals surface area contributed by atoms with E-state index < -0.39 is 11.8 Å². The van der Waals surface area contributed by atoms with Crippen LogP contribution >= 0.6 is 9.24 Å². The average molecular weight is 433 g/mol. The van der Waals surface area contributed by atoms with Gasteiger partial charge in [0.05, 0.1) is 5.69 Å². The van der Waals surface area contributed by atoms with E-state index in [0.29, 0.717) is 17.3 Å². The fraction of sp³-hybridized carbons (Fsp3) is 0.182. The number of aryl methyl sites for hydroxylation is 2. The fourth-order valence-corrected chi connectivity index (χ4v) is 3.71. The maximum absolute atomic E-state index is 12.8. The van der Waals surface area contributed by atoms with Gasteiger partial charge < -0.3 is 4.74 Å². The number of hydrogen-bond acceptors (Lipinski definition) is 6. The Hall–Kier alpha value is -3.51. The molecule has 3 heterocycles.